The Kier molecular flexibility index (Phi) is 6.81. The number of hydrogen-bond donors (Lipinski definition) is 0. The van der Waals surface area contributed by atoms with Crippen LogP contribution in [0.15, 0.2) is 65.7 Å². The molecule has 0 aliphatic heterocycles. The van der Waals surface area contributed by atoms with E-state index in [-0.39, 0.29) is 17.2 Å². The number of rotatable bonds is 7. The number of carbonyl (C=O) groups excluding carboxylic acids is 1. The molecule has 0 bridgehead atoms. The number of benzene rings is 2. The molecule has 0 radical (unpaired) electrons. The maximum atomic E-state index is 13.5. The first-order valence-electron chi connectivity index (χ1n) is 11.1. The Bertz CT molecular complexity index is 1430. The van der Waals surface area contributed by atoms with Crippen LogP contribution in [-0.4, -0.2) is 29.5 Å². The third-order valence-corrected chi connectivity index (χ3v) is 9.01. The molecule has 6 nitrogen and oxygen atoms in total. The van der Waals surface area contributed by atoms with Crippen LogP contribution in [-0.2, 0) is 27.6 Å². The molecule has 0 saturated heterocycles. The average molecular weight is 494 g/mol. The number of sulfone groups is 1. The van der Waals surface area contributed by atoms with Crippen molar-refractivity contribution in [2.75, 3.05) is 4.90 Å². The summed E-state index contributed by atoms with van der Waals surface area (Å²) in [6.45, 7) is 7.70. The van der Waals surface area contributed by atoms with Gasteiger partial charge in [-0.3, -0.25) is 14.7 Å². The van der Waals surface area contributed by atoms with Crippen molar-refractivity contribution in [1.29, 1.82) is 0 Å². The topological polar surface area (TPSA) is 80.2 Å². The van der Waals surface area contributed by atoms with Crippen LogP contribution in [0.25, 0.3) is 10.2 Å². The minimum Gasteiger partial charge on any atom is -0.282 e. The van der Waals surface area contributed by atoms with Crippen LogP contribution in [0.4, 0.5) is 5.13 Å². The SMILES string of the molecule is Cc1cc(C)c2sc(N(Cc3ccccn3)C(=O)Cc3ccc(S(=O)(=O)C(C)C)cc3)nc2c1. The number of fused-ring (bicyclic) bond motifs is 1. The second-order valence-electron chi connectivity index (χ2n) is 8.64. The van der Waals surface area contributed by atoms with Gasteiger partial charge in [-0.25, -0.2) is 13.4 Å². The minimum atomic E-state index is -3.36. The number of pyridine rings is 1. The highest BCUT2D eigenvalue weighted by Gasteiger charge is 2.23. The largest absolute Gasteiger partial charge is 0.282 e. The molecule has 0 unspecified atom stereocenters. The van der Waals surface area contributed by atoms with Crippen LogP contribution in [0, 0.1) is 13.8 Å². The fraction of sp³-hybridized carbons (Fsp3) is 0.269. The number of aromatic nitrogens is 2. The van der Waals surface area contributed by atoms with E-state index in [4.69, 9.17) is 4.98 Å². The molecule has 4 aromatic rings. The summed E-state index contributed by atoms with van der Waals surface area (Å²) in [5.41, 5.74) is 4.64. The van der Waals surface area contributed by atoms with Gasteiger partial charge in [-0.15, -0.1) is 0 Å². The summed E-state index contributed by atoms with van der Waals surface area (Å²) in [5.74, 6) is -0.126. The van der Waals surface area contributed by atoms with Gasteiger partial charge in [0.15, 0.2) is 15.0 Å². The first kappa shape index (κ1) is 24.0. The summed E-state index contributed by atoms with van der Waals surface area (Å²) in [6, 6.07) is 16.3. The number of anilines is 1. The second-order valence-corrected chi connectivity index (χ2v) is 12.1. The predicted molar refractivity (Wildman–Crippen MR) is 137 cm³/mol. The van der Waals surface area contributed by atoms with Crippen LogP contribution < -0.4 is 4.90 Å². The standard InChI is InChI=1S/C26H27N3O3S2/c1-17(2)34(31,32)22-10-8-20(9-11-22)15-24(30)29(16-21-7-5-6-12-27-21)26-28-23-14-18(3)13-19(4)25(23)33-26/h5-14,17H,15-16H2,1-4H3. The Morgan fingerprint density at radius 2 is 1.79 bits per heavy atom. The van der Waals surface area contributed by atoms with E-state index in [1.807, 2.05) is 31.2 Å². The van der Waals surface area contributed by atoms with E-state index in [1.165, 1.54) is 11.3 Å². The van der Waals surface area contributed by atoms with E-state index in [2.05, 4.69) is 18.0 Å². The van der Waals surface area contributed by atoms with Gasteiger partial charge >= 0.3 is 0 Å². The molecule has 0 fully saturated rings. The molecule has 0 saturated carbocycles. The highest BCUT2D eigenvalue weighted by atomic mass is 32.2. The Labute approximate surface area is 204 Å². The highest BCUT2D eigenvalue weighted by Crippen LogP contribution is 2.33. The molecule has 0 atom stereocenters. The van der Waals surface area contributed by atoms with Crippen LogP contribution in [0.3, 0.4) is 0 Å². The maximum Gasteiger partial charge on any atom is 0.233 e. The summed E-state index contributed by atoms with van der Waals surface area (Å²) in [7, 11) is -3.36. The Balaban J connectivity index is 1.65. The molecular weight excluding hydrogens is 466 g/mol. The first-order valence-corrected chi connectivity index (χ1v) is 13.4. The van der Waals surface area contributed by atoms with Crippen LogP contribution in [0.1, 0.15) is 36.2 Å². The predicted octanol–water partition coefficient (Wildman–Crippen LogP) is 5.27. The van der Waals surface area contributed by atoms with Gasteiger partial charge in [0.25, 0.3) is 0 Å². The quantitative estimate of drug-likeness (QED) is 0.351. The lowest BCUT2D eigenvalue weighted by molar-refractivity contribution is -0.118. The number of amides is 1. The van der Waals surface area contributed by atoms with Crippen LogP contribution >= 0.6 is 11.3 Å². The smallest absolute Gasteiger partial charge is 0.233 e. The molecule has 0 N–H and O–H groups in total. The number of hydrogen-bond acceptors (Lipinski definition) is 6. The van der Waals surface area contributed by atoms with Gasteiger partial charge in [0.2, 0.25) is 5.91 Å². The molecule has 1 amide bonds. The molecular formula is C26H27N3O3S2. The molecule has 34 heavy (non-hydrogen) atoms. The Hall–Kier alpha value is -3.10. The summed E-state index contributed by atoms with van der Waals surface area (Å²) in [5, 5.41) is 0.123. The van der Waals surface area contributed by atoms with E-state index in [9.17, 15) is 13.2 Å². The molecule has 2 aromatic carbocycles. The number of carbonyl (C=O) groups is 1. The van der Waals surface area contributed by atoms with Crippen molar-refractivity contribution >= 4 is 42.4 Å². The minimum absolute atomic E-state index is 0.126. The Morgan fingerprint density at radius 3 is 2.44 bits per heavy atom. The van der Waals surface area contributed by atoms with Crippen molar-refractivity contribution < 1.29 is 13.2 Å². The van der Waals surface area contributed by atoms with Crippen molar-refractivity contribution in [3.63, 3.8) is 0 Å². The van der Waals surface area contributed by atoms with E-state index < -0.39 is 15.1 Å². The van der Waals surface area contributed by atoms with Crippen molar-refractivity contribution in [3.8, 4) is 0 Å². The molecule has 0 aliphatic carbocycles. The maximum absolute atomic E-state index is 13.5. The van der Waals surface area contributed by atoms with Gasteiger partial charge in [-0.2, -0.15) is 0 Å². The average Bonchev–Trinajstić information content (AvgIpc) is 3.22. The first-order chi connectivity index (χ1) is 16.1. The molecule has 176 valence electrons. The van der Waals surface area contributed by atoms with Gasteiger partial charge in [0.05, 0.1) is 39.0 Å². The number of nitrogens with zero attached hydrogens (tertiary/aromatic N) is 3. The lowest BCUT2D eigenvalue weighted by Crippen LogP contribution is -2.32. The third-order valence-electron chi connectivity index (χ3n) is 5.61. The van der Waals surface area contributed by atoms with Gasteiger partial charge < -0.3 is 0 Å². The van der Waals surface area contributed by atoms with Gasteiger partial charge in [-0.05, 0) is 74.7 Å². The Morgan fingerprint density at radius 1 is 1.06 bits per heavy atom. The summed E-state index contributed by atoms with van der Waals surface area (Å²) >= 11 is 1.49. The van der Waals surface area contributed by atoms with Gasteiger partial charge in [-0.1, -0.05) is 35.6 Å². The van der Waals surface area contributed by atoms with Crippen LogP contribution in [0.2, 0.25) is 0 Å². The second kappa shape index (κ2) is 9.64. The van der Waals surface area contributed by atoms with E-state index >= 15 is 0 Å². The normalized spacial score (nSPS) is 11.8. The van der Waals surface area contributed by atoms with Crippen molar-refractivity contribution in [3.05, 3.63) is 83.2 Å². The molecule has 2 aromatic heterocycles. The van der Waals surface area contributed by atoms with Gasteiger partial charge in [0.1, 0.15) is 0 Å². The lowest BCUT2D eigenvalue weighted by atomic mass is 10.1. The zero-order valence-electron chi connectivity index (χ0n) is 19.6. The molecule has 4 rings (SSSR count). The van der Waals surface area contributed by atoms with E-state index in [0.717, 1.165) is 32.6 Å². The highest BCUT2D eigenvalue weighted by molar-refractivity contribution is 7.92. The molecule has 2 heterocycles. The zero-order chi connectivity index (χ0) is 24.5. The van der Waals surface area contributed by atoms with E-state index in [0.29, 0.717) is 11.7 Å². The van der Waals surface area contributed by atoms with Crippen molar-refractivity contribution in [2.24, 2.45) is 0 Å². The fourth-order valence-electron chi connectivity index (χ4n) is 3.74. The molecule has 8 heteroatoms. The zero-order valence-corrected chi connectivity index (χ0v) is 21.3. The monoisotopic (exact) mass is 493 g/mol. The fourth-order valence-corrected chi connectivity index (χ4v) is 5.83. The van der Waals surface area contributed by atoms with Crippen molar-refractivity contribution in [2.45, 2.75) is 50.8 Å². The number of aryl methyl sites for hydroxylation is 2. The van der Waals surface area contributed by atoms with Crippen molar-refractivity contribution in [1.82, 2.24) is 9.97 Å². The summed E-state index contributed by atoms with van der Waals surface area (Å²) in [6.07, 6.45) is 1.83. The summed E-state index contributed by atoms with van der Waals surface area (Å²) in [4.78, 5) is 24.6. The third kappa shape index (κ3) is 5.03. The molecule has 0 aliphatic rings. The van der Waals surface area contributed by atoms with Gasteiger partial charge in [0, 0.05) is 6.20 Å². The number of thiazole rings is 1. The lowest BCUT2D eigenvalue weighted by Gasteiger charge is -2.20. The molecule has 0 spiro atoms. The van der Waals surface area contributed by atoms with E-state index in [1.54, 1.807) is 49.2 Å². The van der Waals surface area contributed by atoms with Crippen LogP contribution in [0.5, 0.6) is 0 Å². The summed E-state index contributed by atoms with van der Waals surface area (Å²) < 4.78 is 25.9.